The Labute approximate surface area is 96.7 Å². The van der Waals surface area contributed by atoms with Crippen molar-refractivity contribution in [3.05, 3.63) is 0 Å². The third-order valence-corrected chi connectivity index (χ3v) is 4.78. The molecule has 2 unspecified atom stereocenters. The second-order valence-electron chi connectivity index (χ2n) is 5.36. The first kappa shape index (κ1) is 12.5. The van der Waals surface area contributed by atoms with E-state index in [1.54, 1.807) is 0 Å². The second-order valence-corrected chi connectivity index (χ2v) is 6.47. The van der Waals surface area contributed by atoms with Crippen molar-refractivity contribution in [2.45, 2.75) is 70.4 Å². The van der Waals surface area contributed by atoms with Crippen LogP contribution in [0.4, 0.5) is 0 Å². The summed E-state index contributed by atoms with van der Waals surface area (Å²) >= 11 is 3.77. The molecule has 1 fully saturated rings. The summed E-state index contributed by atoms with van der Waals surface area (Å²) in [5.41, 5.74) is 0.376. The Balaban J connectivity index is 2.64. The Morgan fingerprint density at radius 3 is 2.07 bits per heavy atom. The Morgan fingerprint density at radius 1 is 1.29 bits per heavy atom. The third-order valence-electron chi connectivity index (χ3n) is 3.50. The second kappa shape index (κ2) is 4.13. The number of ether oxygens (including phenoxy) is 1. The topological polar surface area (TPSA) is 9.23 Å². The minimum absolute atomic E-state index is 0.00655. The average Bonchev–Trinajstić information content (AvgIpc) is 2.03. The first-order valence-corrected chi connectivity index (χ1v) is 6.59. The van der Waals surface area contributed by atoms with Crippen molar-refractivity contribution in [3.8, 4) is 0 Å². The molecule has 0 aromatic rings. The zero-order valence-electron chi connectivity index (χ0n) is 10.1. The average molecular weight is 263 g/mol. The monoisotopic (exact) mass is 262 g/mol. The van der Waals surface area contributed by atoms with E-state index < -0.39 is 0 Å². The van der Waals surface area contributed by atoms with Gasteiger partial charge in [-0.25, -0.2) is 0 Å². The molecule has 1 aliphatic carbocycles. The molecule has 1 rings (SSSR count). The molecule has 0 saturated heterocycles. The van der Waals surface area contributed by atoms with E-state index in [1.807, 2.05) is 0 Å². The van der Waals surface area contributed by atoms with Gasteiger partial charge in [-0.05, 0) is 40.0 Å². The summed E-state index contributed by atoms with van der Waals surface area (Å²) in [7, 11) is 0. The van der Waals surface area contributed by atoms with Gasteiger partial charge in [-0.3, -0.25) is 0 Å². The lowest BCUT2D eigenvalue weighted by molar-refractivity contribution is -0.166. The van der Waals surface area contributed by atoms with Crippen LogP contribution in [0.1, 0.15) is 53.9 Å². The Hall–Kier alpha value is 0.440. The van der Waals surface area contributed by atoms with Crippen LogP contribution in [0, 0.1) is 5.41 Å². The predicted molar refractivity (Wildman–Crippen MR) is 65.0 cm³/mol. The molecule has 0 aliphatic heterocycles. The highest BCUT2D eigenvalue weighted by Crippen LogP contribution is 2.53. The van der Waals surface area contributed by atoms with Crippen molar-refractivity contribution in [1.29, 1.82) is 0 Å². The molecule has 2 heteroatoms. The number of hydrogen-bond donors (Lipinski definition) is 0. The van der Waals surface area contributed by atoms with Crippen molar-refractivity contribution < 1.29 is 4.74 Å². The largest absolute Gasteiger partial charge is 0.372 e. The van der Waals surface area contributed by atoms with E-state index in [1.165, 1.54) is 19.3 Å². The highest BCUT2D eigenvalue weighted by atomic mass is 79.9. The molecular weight excluding hydrogens is 240 g/mol. The summed E-state index contributed by atoms with van der Waals surface area (Å²) < 4.78 is 6.11. The van der Waals surface area contributed by atoms with Gasteiger partial charge in [0.1, 0.15) is 0 Å². The quantitative estimate of drug-likeness (QED) is 0.695. The van der Waals surface area contributed by atoms with E-state index in [0.717, 1.165) is 0 Å². The Kier molecular flexibility index (Phi) is 3.69. The van der Waals surface area contributed by atoms with Gasteiger partial charge in [-0.2, -0.15) is 0 Å². The van der Waals surface area contributed by atoms with Gasteiger partial charge >= 0.3 is 0 Å². The van der Waals surface area contributed by atoms with E-state index in [2.05, 4.69) is 50.5 Å². The van der Waals surface area contributed by atoms with Crippen LogP contribution < -0.4 is 0 Å². The maximum absolute atomic E-state index is 6.11. The van der Waals surface area contributed by atoms with Crippen molar-refractivity contribution >= 4 is 15.9 Å². The molecular formula is C12H23BrO. The lowest BCUT2D eigenvalue weighted by atomic mass is 9.62. The van der Waals surface area contributed by atoms with Crippen LogP contribution in [0.2, 0.25) is 0 Å². The summed E-state index contributed by atoms with van der Waals surface area (Å²) in [6, 6.07) is 0. The van der Waals surface area contributed by atoms with Gasteiger partial charge in [0.2, 0.25) is 0 Å². The minimum Gasteiger partial charge on any atom is -0.372 e. The van der Waals surface area contributed by atoms with Crippen LogP contribution >= 0.6 is 15.9 Å². The summed E-state index contributed by atoms with van der Waals surface area (Å²) in [4.78, 5) is 0.650. The molecule has 0 aromatic carbocycles. The fraction of sp³-hybridized carbons (Fsp3) is 1.00. The Morgan fingerprint density at radius 2 is 1.79 bits per heavy atom. The lowest BCUT2D eigenvalue weighted by Crippen LogP contribution is -2.56. The van der Waals surface area contributed by atoms with E-state index >= 15 is 0 Å². The molecule has 0 heterocycles. The van der Waals surface area contributed by atoms with Crippen LogP contribution in [0.3, 0.4) is 0 Å². The zero-order valence-corrected chi connectivity index (χ0v) is 11.6. The molecule has 0 aromatic heterocycles. The zero-order chi connectivity index (χ0) is 11.0. The van der Waals surface area contributed by atoms with Crippen molar-refractivity contribution in [1.82, 2.24) is 0 Å². The fourth-order valence-corrected chi connectivity index (χ4v) is 3.72. The molecule has 0 bridgehead atoms. The first-order chi connectivity index (χ1) is 6.35. The maximum Gasteiger partial charge on any atom is 0.0659 e. The molecule has 1 saturated carbocycles. The SMILES string of the molecule is CCC1(CC)C(Br)CC1OC(C)(C)C. The first-order valence-electron chi connectivity index (χ1n) is 5.67. The number of hydrogen-bond acceptors (Lipinski definition) is 1. The number of halogens is 1. The molecule has 14 heavy (non-hydrogen) atoms. The molecule has 2 atom stereocenters. The highest BCUT2D eigenvalue weighted by molar-refractivity contribution is 9.09. The van der Waals surface area contributed by atoms with E-state index in [-0.39, 0.29) is 5.60 Å². The van der Waals surface area contributed by atoms with Gasteiger partial charge < -0.3 is 4.74 Å². The fourth-order valence-electron chi connectivity index (χ4n) is 2.44. The van der Waals surface area contributed by atoms with Crippen molar-refractivity contribution in [2.24, 2.45) is 5.41 Å². The molecule has 0 radical (unpaired) electrons. The predicted octanol–water partition coefficient (Wildman–Crippen LogP) is 4.14. The van der Waals surface area contributed by atoms with Gasteiger partial charge in [-0.15, -0.1) is 0 Å². The van der Waals surface area contributed by atoms with Crippen LogP contribution in [0.5, 0.6) is 0 Å². The van der Waals surface area contributed by atoms with Gasteiger partial charge in [-0.1, -0.05) is 29.8 Å². The van der Waals surface area contributed by atoms with Gasteiger partial charge in [0.05, 0.1) is 11.7 Å². The molecule has 84 valence electrons. The van der Waals surface area contributed by atoms with Crippen LogP contribution in [0.25, 0.3) is 0 Å². The van der Waals surface area contributed by atoms with E-state index in [9.17, 15) is 0 Å². The Bertz CT molecular complexity index is 191. The smallest absolute Gasteiger partial charge is 0.0659 e. The molecule has 1 nitrogen and oxygen atoms in total. The summed E-state index contributed by atoms with van der Waals surface area (Å²) in [6.07, 6.45) is 4.03. The van der Waals surface area contributed by atoms with Gasteiger partial charge in [0.15, 0.2) is 0 Å². The molecule has 0 spiro atoms. The summed E-state index contributed by atoms with van der Waals surface area (Å²) in [5.74, 6) is 0. The van der Waals surface area contributed by atoms with Crippen LogP contribution in [-0.2, 0) is 4.74 Å². The molecule has 0 N–H and O–H groups in total. The lowest BCUT2D eigenvalue weighted by Gasteiger charge is -2.54. The number of alkyl halides is 1. The normalized spacial score (nSPS) is 31.3. The minimum atomic E-state index is -0.00655. The van der Waals surface area contributed by atoms with Gasteiger partial charge in [0.25, 0.3) is 0 Å². The van der Waals surface area contributed by atoms with Crippen LogP contribution in [-0.4, -0.2) is 16.5 Å². The van der Waals surface area contributed by atoms with E-state index in [4.69, 9.17) is 4.74 Å². The highest BCUT2D eigenvalue weighted by Gasteiger charge is 2.53. The van der Waals surface area contributed by atoms with Crippen LogP contribution in [0.15, 0.2) is 0 Å². The van der Waals surface area contributed by atoms with Crippen molar-refractivity contribution in [3.63, 3.8) is 0 Å². The summed E-state index contributed by atoms with van der Waals surface area (Å²) in [5, 5.41) is 0. The number of rotatable bonds is 3. The third kappa shape index (κ3) is 2.16. The molecule has 1 aliphatic rings. The van der Waals surface area contributed by atoms with E-state index in [0.29, 0.717) is 16.3 Å². The summed E-state index contributed by atoms with van der Waals surface area (Å²) in [6.45, 7) is 11.0. The standard InChI is InChI=1S/C12H23BrO/c1-6-12(7-2)9(13)8-10(12)14-11(3,4)5/h9-10H,6-8H2,1-5H3. The maximum atomic E-state index is 6.11. The van der Waals surface area contributed by atoms with Crippen molar-refractivity contribution in [2.75, 3.05) is 0 Å². The molecule has 0 amide bonds. The van der Waals surface area contributed by atoms with Gasteiger partial charge in [0, 0.05) is 10.2 Å².